The van der Waals surface area contributed by atoms with Crippen molar-refractivity contribution in [3.8, 4) is 5.75 Å². The van der Waals surface area contributed by atoms with Gasteiger partial charge < -0.3 is 4.65 Å². The maximum absolute atomic E-state index is 5.24. The average Bonchev–Trinajstić information content (AvgIpc) is 2.38. The molecule has 0 aromatic heterocycles. The molecule has 0 aliphatic heterocycles. The molecule has 0 atom stereocenters. The minimum Gasteiger partial charge on any atom is -0.567 e. The van der Waals surface area contributed by atoms with Crippen LogP contribution < -0.4 is 4.65 Å². The fourth-order valence-electron chi connectivity index (χ4n) is 1.43. The Bertz CT molecular complexity index is 482. The van der Waals surface area contributed by atoms with Crippen LogP contribution in [0.5, 0.6) is 5.75 Å². The Hall–Kier alpha value is -2.03. The smallest absolute Gasteiger partial charge is 0.322 e. The van der Waals surface area contributed by atoms with E-state index in [-0.39, 0.29) is 0 Å². The van der Waals surface area contributed by atoms with Gasteiger partial charge in [0.1, 0.15) is 5.75 Å². The Balaban J connectivity index is 2.24. The van der Waals surface area contributed by atoms with Gasteiger partial charge in [0, 0.05) is 11.8 Å². The van der Waals surface area contributed by atoms with E-state index in [1.54, 1.807) is 8.05 Å². The van der Waals surface area contributed by atoms with Crippen molar-refractivity contribution < 1.29 is 4.65 Å². The Morgan fingerprint density at radius 1 is 0.938 bits per heavy atom. The predicted octanol–water partition coefficient (Wildman–Crippen LogP) is 2.36. The number of nitrogens with zero attached hydrogens (tertiary/aromatic N) is 1. The van der Waals surface area contributed by atoms with Gasteiger partial charge in [-0.15, -0.1) is 0 Å². The molecule has 2 rings (SSSR count). The molecule has 0 radical (unpaired) electrons. The Kier molecular flexibility index (Phi) is 3.39. The van der Waals surface area contributed by atoms with Crippen LogP contribution in [-0.2, 0) is 0 Å². The second kappa shape index (κ2) is 5.17. The molecular formula is C13H12BNO. The molecular weight excluding hydrogens is 197 g/mol. The van der Waals surface area contributed by atoms with E-state index < -0.39 is 0 Å². The summed E-state index contributed by atoms with van der Waals surface area (Å²) >= 11 is 0. The number of hydrogen-bond acceptors (Lipinski definition) is 2. The van der Waals surface area contributed by atoms with E-state index in [9.17, 15) is 0 Å². The number of aliphatic imine (C=N–C) groups is 1. The van der Waals surface area contributed by atoms with Crippen LogP contribution in [0.25, 0.3) is 0 Å². The number of rotatable bonds is 3. The highest BCUT2D eigenvalue weighted by Gasteiger charge is 1.96. The molecule has 0 spiro atoms. The van der Waals surface area contributed by atoms with E-state index in [1.807, 2.05) is 60.8 Å². The molecule has 2 aromatic rings. The first-order chi connectivity index (χ1) is 7.90. The molecule has 0 N–H and O–H groups in total. The first kappa shape index (κ1) is 10.5. The third-order valence-electron chi connectivity index (χ3n) is 2.25. The lowest BCUT2D eigenvalue weighted by Gasteiger charge is -2.03. The quantitative estimate of drug-likeness (QED) is 0.561. The van der Waals surface area contributed by atoms with Crippen LogP contribution in [0, 0.1) is 0 Å². The summed E-state index contributed by atoms with van der Waals surface area (Å²) in [5, 5.41) is 0. The lowest BCUT2D eigenvalue weighted by molar-refractivity contribution is 0.615. The highest BCUT2D eigenvalue weighted by Crippen LogP contribution is 2.16. The zero-order valence-corrected chi connectivity index (χ0v) is 9.13. The fraction of sp³-hybridized carbons (Fsp3) is 0. The molecule has 0 bridgehead atoms. The van der Waals surface area contributed by atoms with Crippen molar-refractivity contribution in [2.45, 2.75) is 0 Å². The van der Waals surface area contributed by atoms with Crippen LogP contribution in [0.4, 0.5) is 5.69 Å². The van der Waals surface area contributed by atoms with Gasteiger partial charge >= 0.3 is 8.05 Å². The van der Waals surface area contributed by atoms with Gasteiger partial charge in [0.15, 0.2) is 0 Å². The third kappa shape index (κ3) is 2.51. The number of benzene rings is 2. The van der Waals surface area contributed by atoms with E-state index in [0.717, 1.165) is 17.0 Å². The molecule has 0 saturated heterocycles. The summed E-state index contributed by atoms with van der Waals surface area (Å²) in [6, 6.07) is 17.6. The fourth-order valence-corrected chi connectivity index (χ4v) is 1.43. The molecule has 16 heavy (non-hydrogen) atoms. The van der Waals surface area contributed by atoms with Crippen molar-refractivity contribution >= 4 is 20.0 Å². The largest absolute Gasteiger partial charge is 0.567 e. The van der Waals surface area contributed by atoms with E-state index in [0.29, 0.717) is 0 Å². The Morgan fingerprint density at radius 2 is 1.62 bits per heavy atom. The van der Waals surface area contributed by atoms with Crippen LogP contribution in [0.15, 0.2) is 59.6 Å². The van der Waals surface area contributed by atoms with E-state index in [2.05, 4.69) is 4.99 Å². The normalized spacial score (nSPS) is 10.5. The van der Waals surface area contributed by atoms with Crippen molar-refractivity contribution in [2.24, 2.45) is 4.99 Å². The summed E-state index contributed by atoms with van der Waals surface area (Å²) in [5.41, 5.74) is 1.92. The molecule has 0 heterocycles. The molecule has 0 aliphatic rings. The van der Waals surface area contributed by atoms with Crippen LogP contribution in [-0.4, -0.2) is 14.3 Å². The van der Waals surface area contributed by atoms with Gasteiger partial charge in [-0.25, -0.2) is 0 Å². The van der Waals surface area contributed by atoms with Gasteiger partial charge in [0.05, 0.1) is 5.69 Å². The number of hydrogen-bond donors (Lipinski definition) is 0. The van der Waals surface area contributed by atoms with Crippen molar-refractivity contribution in [3.63, 3.8) is 0 Å². The highest BCUT2D eigenvalue weighted by molar-refractivity contribution is 6.01. The maximum Gasteiger partial charge on any atom is 0.322 e. The van der Waals surface area contributed by atoms with E-state index in [4.69, 9.17) is 4.65 Å². The molecule has 78 valence electrons. The molecule has 0 unspecified atom stereocenters. The Labute approximate surface area is 96.0 Å². The second-order valence-electron chi connectivity index (χ2n) is 3.34. The summed E-state index contributed by atoms with van der Waals surface area (Å²) in [6.45, 7) is 0. The lowest BCUT2D eigenvalue weighted by Crippen LogP contribution is -1.90. The number of para-hydroxylation sites is 2. The van der Waals surface area contributed by atoms with Gasteiger partial charge in [0.2, 0.25) is 0 Å². The molecule has 3 heteroatoms. The average molecular weight is 209 g/mol. The van der Waals surface area contributed by atoms with Crippen LogP contribution in [0.2, 0.25) is 0 Å². The molecule has 2 aromatic carbocycles. The molecule has 0 saturated carbocycles. The second-order valence-corrected chi connectivity index (χ2v) is 3.34. The maximum atomic E-state index is 5.24. The summed E-state index contributed by atoms with van der Waals surface area (Å²) in [4.78, 5) is 4.38. The van der Waals surface area contributed by atoms with Gasteiger partial charge in [-0.2, -0.15) is 0 Å². The van der Waals surface area contributed by atoms with Crippen molar-refractivity contribution in [3.05, 3.63) is 60.2 Å². The van der Waals surface area contributed by atoms with Gasteiger partial charge in [0.25, 0.3) is 0 Å². The third-order valence-corrected chi connectivity index (χ3v) is 2.25. The zero-order valence-electron chi connectivity index (χ0n) is 9.13. The molecule has 0 fully saturated rings. The monoisotopic (exact) mass is 209 g/mol. The topological polar surface area (TPSA) is 21.6 Å². The summed E-state index contributed by atoms with van der Waals surface area (Å²) < 4.78 is 5.24. The van der Waals surface area contributed by atoms with Crippen LogP contribution in [0.1, 0.15) is 5.56 Å². The molecule has 0 aliphatic carbocycles. The Morgan fingerprint density at radius 3 is 2.38 bits per heavy atom. The lowest BCUT2D eigenvalue weighted by atomic mass is 10.2. The SMILES string of the molecule is BOc1ccccc1/C=N/c1ccccc1. The minimum absolute atomic E-state index is 0.835. The van der Waals surface area contributed by atoms with E-state index in [1.165, 1.54) is 0 Å². The predicted molar refractivity (Wildman–Crippen MR) is 69.3 cm³/mol. The van der Waals surface area contributed by atoms with Crippen molar-refractivity contribution in [2.75, 3.05) is 0 Å². The first-order valence-corrected chi connectivity index (χ1v) is 5.12. The molecule has 2 nitrogen and oxygen atoms in total. The van der Waals surface area contributed by atoms with Crippen LogP contribution >= 0.6 is 0 Å². The highest BCUT2D eigenvalue weighted by atomic mass is 16.4. The van der Waals surface area contributed by atoms with Crippen LogP contribution in [0.3, 0.4) is 0 Å². The van der Waals surface area contributed by atoms with Gasteiger partial charge in [-0.1, -0.05) is 30.3 Å². The molecule has 0 amide bonds. The van der Waals surface area contributed by atoms with E-state index >= 15 is 0 Å². The van der Waals surface area contributed by atoms with Crippen molar-refractivity contribution in [1.29, 1.82) is 0 Å². The zero-order chi connectivity index (χ0) is 11.2. The standard InChI is InChI=1S/C13H12BNO/c14-16-13-9-5-4-6-11(13)10-15-12-7-2-1-3-8-12/h1-10H,14H2/b15-10+. The summed E-state index contributed by atoms with van der Waals surface area (Å²) in [6.07, 6.45) is 1.81. The van der Waals surface area contributed by atoms with Crippen molar-refractivity contribution in [1.82, 2.24) is 0 Å². The summed E-state index contributed by atoms with van der Waals surface area (Å²) in [7, 11) is 1.66. The summed E-state index contributed by atoms with van der Waals surface area (Å²) in [5.74, 6) is 0.835. The minimum atomic E-state index is 0.835. The van der Waals surface area contributed by atoms with Gasteiger partial charge in [-0.3, -0.25) is 4.99 Å². The first-order valence-electron chi connectivity index (χ1n) is 5.12. The van der Waals surface area contributed by atoms with Gasteiger partial charge in [-0.05, 0) is 24.3 Å².